The van der Waals surface area contributed by atoms with Gasteiger partial charge in [0.05, 0.1) is 11.8 Å². The summed E-state index contributed by atoms with van der Waals surface area (Å²) in [6.07, 6.45) is 7.01. The summed E-state index contributed by atoms with van der Waals surface area (Å²) in [5.41, 5.74) is 0. The van der Waals surface area contributed by atoms with Crippen LogP contribution in [0.15, 0.2) is 12.2 Å². The molecule has 0 aliphatic heterocycles. The molecule has 2 rings (SSSR count). The SMILES string of the molecule is CC(C)CN(C(=O)[C@@H]1CC=CC[C@@H]1C(=O)O)C1CC1. The molecule has 1 N–H and O–H groups in total. The van der Waals surface area contributed by atoms with E-state index in [1.54, 1.807) is 0 Å². The summed E-state index contributed by atoms with van der Waals surface area (Å²) in [7, 11) is 0. The molecule has 1 fully saturated rings. The Labute approximate surface area is 114 Å². The number of amides is 1. The summed E-state index contributed by atoms with van der Waals surface area (Å²) < 4.78 is 0. The summed E-state index contributed by atoms with van der Waals surface area (Å²) in [6, 6.07) is 0.357. The Morgan fingerprint density at radius 2 is 1.79 bits per heavy atom. The van der Waals surface area contributed by atoms with Crippen LogP contribution in [0.4, 0.5) is 0 Å². The molecule has 0 spiro atoms. The normalized spacial score (nSPS) is 26.5. The topological polar surface area (TPSA) is 57.6 Å². The van der Waals surface area contributed by atoms with Crippen LogP contribution in [0.25, 0.3) is 0 Å². The zero-order chi connectivity index (χ0) is 14.0. The van der Waals surface area contributed by atoms with E-state index in [9.17, 15) is 14.7 Å². The van der Waals surface area contributed by atoms with E-state index in [1.807, 2.05) is 17.1 Å². The Bertz CT molecular complexity index is 385. The quantitative estimate of drug-likeness (QED) is 0.776. The third kappa shape index (κ3) is 3.37. The molecule has 1 amide bonds. The van der Waals surface area contributed by atoms with Crippen molar-refractivity contribution in [2.24, 2.45) is 17.8 Å². The second kappa shape index (κ2) is 5.76. The lowest BCUT2D eigenvalue weighted by Crippen LogP contribution is -2.44. The molecule has 2 aliphatic rings. The standard InChI is InChI=1S/C15H23NO3/c1-10(2)9-16(11-7-8-11)14(17)12-5-3-4-6-13(12)15(18)19/h3-4,10-13H,5-9H2,1-2H3,(H,18,19)/t12-,13+/m1/s1. The summed E-state index contributed by atoms with van der Waals surface area (Å²) in [6.45, 7) is 4.94. The first kappa shape index (κ1) is 14.1. The lowest BCUT2D eigenvalue weighted by molar-refractivity contribution is -0.151. The van der Waals surface area contributed by atoms with Crippen LogP contribution in [-0.4, -0.2) is 34.5 Å². The monoisotopic (exact) mass is 265 g/mol. The Kier molecular flexibility index (Phi) is 4.27. The number of aliphatic carboxylic acids is 1. The van der Waals surface area contributed by atoms with Crippen LogP contribution in [0.3, 0.4) is 0 Å². The van der Waals surface area contributed by atoms with Crippen LogP contribution in [0, 0.1) is 17.8 Å². The zero-order valence-corrected chi connectivity index (χ0v) is 11.7. The smallest absolute Gasteiger partial charge is 0.307 e. The highest BCUT2D eigenvalue weighted by Gasteiger charge is 2.41. The summed E-state index contributed by atoms with van der Waals surface area (Å²) >= 11 is 0. The predicted octanol–water partition coefficient (Wildman–Crippen LogP) is 2.30. The third-order valence-electron chi connectivity index (χ3n) is 3.90. The minimum atomic E-state index is -0.844. The molecule has 4 nitrogen and oxygen atoms in total. The van der Waals surface area contributed by atoms with E-state index in [0.29, 0.717) is 24.8 Å². The van der Waals surface area contributed by atoms with Crippen LogP contribution in [0.1, 0.15) is 39.5 Å². The fraction of sp³-hybridized carbons (Fsp3) is 0.733. The van der Waals surface area contributed by atoms with Gasteiger partial charge in [-0.25, -0.2) is 0 Å². The molecule has 19 heavy (non-hydrogen) atoms. The van der Waals surface area contributed by atoms with Gasteiger partial charge in [-0.3, -0.25) is 9.59 Å². The van der Waals surface area contributed by atoms with E-state index < -0.39 is 11.9 Å². The molecule has 0 saturated heterocycles. The molecular weight excluding hydrogens is 242 g/mol. The minimum absolute atomic E-state index is 0.0490. The molecule has 4 heteroatoms. The van der Waals surface area contributed by atoms with Gasteiger partial charge in [-0.05, 0) is 31.6 Å². The van der Waals surface area contributed by atoms with Gasteiger partial charge in [0.2, 0.25) is 5.91 Å². The number of hydrogen-bond acceptors (Lipinski definition) is 2. The molecule has 106 valence electrons. The molecule has 0 radical (unpaired) electrons. The van der Waals surface area contributed by atoms with Crippen molar-refractivity contribution < 1.29 is 14.7 Å². The first-order valence-corrected chi connectivity index (χ1v) is 7.19. The second-order valence-electron chi connectivity index (χ2n) is 6.11. The molecule has 0 aromatic carbocycles. The van der Waals surface area contributed by atoms with E-state index in [-0.39, 0.29) is 11.8 Å². The number of nitrogens with zero attached hydrogens (tertiary/aromatic N) is 1. The van der Waals surface area contributed by atoms with E-state index in [1.165, 1.54) is 0 Å². The lowest BCUT2D eigenvalue weighted by Gasteiger charge is -2.32. The fourth-order valence-corrected chi connectivity index (χ4v) is 2.77. The van der Waals surface area contributed by atoms with Crippen LogP contribution in [0.5, 0.6) is 0 Å². The first-order chi connectivity index (χ1) is 9.00. The molecule has 0 heterocycles. The molecule has 1 saturated carbocycles. The van der Waals surface area contributed by atoms with Crippen LogP contribution in [0.2, 0.25) is 0 Å². The summed E-state index contributed by atoms with van der Waals surface area (Å²) in [4.78, 5) is 25.9. The van der Waals surface area contributed by atoms with Gasteiger partial charge >= 0.3 is 5.97 Å². The van der Waals surface area contributed by atoms with Gasteiger partial charge < -0.3 is 10.0 Å². The molecule has 0 aromatic heterocycles. The Balaban J connectivity index is 2.10. The highest BCUT2D eigenvalue weighted by atomic mass is 16.4. The van der Waals surface area contributed by atoms with Crippen molar-refractivity contribution >= 4 is 11.9 Å². The van der Waals surface area contributed by atoms with Gasteiger partial charge in [0.1, 0.15) is 0 Å². The van der Waals surface area contributed by atoms with Gasteiger partial charge in [-0.2, -0.15) is 0 Å². The van der Waals surface area contributed by atoms with E-state index in [0.717, 1.165) is 19.4 Å². The van der Waals surface area contributed by atoms with E-state index in [4.69, 9.17) is 0 Å². The van der Waals surface area contributed by atoms with Crippen molar-refractivity contribution in [1.29, 1.82) is 0 Å². The van der Waals surface area contributed by atoms with Crippen molar-refractivity contribution in [3.05, 3.63) is 12.2 Å². The van der Waals surface area contributed by atoms with Crippen molar-refractivity contribution in [1.82, 2.24) is 4.90 Å². The Morgan fingerprint density at radius 1 is 1.21 bits per heavy atom. The van der Waals surface area contributed by atoms with E-state index in [2.05, 4.69) is 13.8 Å². The number of allylic oxidation sites excluding steroid dienone is 2. The lowest BCUT2D eigenvalue weighted by atomic mass is 9.82. The van der Waals surface area contributed by atoms with Crippen LogP contribution in [-0.2, 0) is 9.59 Å². The number of carbonyl (C=O) groups is 2. The number of carbonyl (C=O) groups excluding carboxylic acids is 1. The average Bonchev–Trinajstić information content (AvgIpc) is 3.19. The number of carboxylic acid groups (broad SMARTS) is 1. The molecule has 2 aliphatic carbocycles. The molecular formula is C15H23NO3. The van der Waals surface area contributed by atoms with Gasteiger partial charge in [0.15, 0.2) is 0 Å². The summed E-state index contributed by atoms with van der Waals surface area (Å²) in [5, 5.41) is 9.27. The first-order valence-electron chi connectivity index (χ1n) is 7.19. The summed E-state index contributed by atoms with van der Waals surface area (Å²) in [5.74, 6) is -1.30. The molecule has 0 unspecified atom stereocenters. The van der Waals surface area contributed by atoms with Crippen molar-refractivity contribution in [2.75, 3.05) is 6.54 Å². The van der Waals surface area contributed by atoms with Gasteiger partial charge in [-0.15, -0.1) is 0 Å². The van der Waals surface area contributed by atoms with Crippen molar-refractivity contribution in [3.63, 3.8) is 0 Å². The Morgan fingerprint density at radius 3 is 2.26 bits per heavy atom. The van der Waals surface area contributed by atoms with Crippen LogP contribution >= 0.6 is 0 Å². The highest BCUT2D eigenvalue weighted by molar-refractivity contribution is 5.85. The van der Waals surface area contributed by atoms with Gasteiger partial charge in [0, 0.05) is 12.6 Å². The molecule has 0 bridgehead atoms. The zero-order valence-electron chi connectivity index (χ0n) is 11.7. The predicted molar refractivity (Wildman–Crippen MR) is 72.6 cm³/mol. The number of rotatable bonds is 5. The van der Waals surface area contributed by atoms with Crippen molar-refractivity contribution in [3.8, 4) is 0 Å². The maximum atomic E-state index is 12.7. The second-order valence-corrected chi connectivity index (χ2v) is 6.11. The minimum Gasteiger partial charge on any atom is -0.481 e. The maximum absolute atomic E-state index is 12.7. The maximum Gasteiger partial charge on any atom is 0.307 e. The highest BCUT2D eigenvalue weighted by Crippen LogP contribution is 2.33. The Hall–Kier alpha value is -1.32. The molecule has 0 aromatic rings. The van der Waals surface area contributed by atoms with E-state index >= 15 is 0 Å². The number of carboxylic acids is 1. The van der Waals surface area contributed by atoms with Gasteiger partial charge in [0.25, 0.3) is 0 Å². The average molecular weight is 265 g/mol. The van der Waals surface area contributed by atoms with Crippen LogP contribution < -0.4 is 0 Å². The largest absolute Gasteiger partial charge is 0.481 e. The van der Waals surface area contributed by atoms with Gasteiger partial charge in [-0.1, -0.05) is 26.0 Å². The fourth-order valence-electron chi connectivity index (χ4n) is 2.77. The third-order valence-corrected chi connectivity index (χ3v) is 3.90. The number of hydrogen-bond donors (Lipinski definition) is 1. The molecule has 2 atom stereocenters. The van der Waals surface area contributed by atoms with Crippen molar-refractivity contribution in [2.45, 2.75) is 45.6 Å².